The lowest BCUT2D eigenvalue weighted by Gasteiger charge is -2.25. The summed E-state index contributed by atoms with van der Waals surface area (Å²) in [6.45, 7) is 1.84. The smallest absolute Gasteiger partial charge is 0.269 e. The number of hydrogen-bond acceptors (Lipinski definition) is 4. The number of hydrogen-bond donors (Lipinski definition) is 0. The molecule has 28 heavy (non-hydrogen) atoms. The molecule has 0 aliphatic carbocycles. The van der Waals surface area contributed by atoms with Gasteiger partial charge in [-0.15, -0.1) is 0 Å². The number of rotatable bonds is 6. The second-order valence-electron chi connectivity index (χ2n) is 6.38. The highest BCUT2D eigenvalue weighted by Gasteiger charge is 2.20. The van der Waals surface area contributed by atoms with Crippen LogP contribution in [0.5, 0.6) is 11.5 Å². The van der Waals surface area contributed by atoms with Crippen molar-refractivity contribution in [2.45, 2.75) is 13.0 Å². The zero-order valence-electron chi connectivity index (χ0n) is 15.6. The molecule has 3 aromatic carbocycles. The maximum absolute atomic E-state index is 12.8. The highest BCUT2D eigenvalue weighted by molar-refractivity contribution is 5.94. The molecule has 1 atom stereocenters. The van der Waals surface area contributed by atoms with E-state index in [0.717, 1.165) is 5.75 Å². The van der Waals surface area contributed by atoms with Gasteiger partial charge in [-0.1, -0.05) is 30.3 Å². The summed E-state index contributed by atoms with van der Waals surface area (Å²) in [4.78, 5) is 24.9. The fourth-order valence-corrected chi connectivity index (χ4v) is 2.79. The van der Waals surface area contributed by atoms with E-state index in [9.17, 15) is 14.9 Å². The summed E-state index contributed by atoms with van der Waals surface area (Å²) in [5.41, 5.74) is 1.22. The zero-order chi connectivity index (χ0) is 20.1. The fourth-order valence-electron chi connectivity index (χ4n) is 2.79. The van der Waals surface area contributed by atoms with Gasteiger partial charge in [0.05, 0.1) is 11.0 Å². The molecule has 6 nitrogen and oxygen atoms in total. The van der Waals surface area contributed by atoms with Crippen LogP contribution in [0.2, 0.25) is 0 Å². The third-order valence-corrected chi connectivity index (χ3v) is 4.54. The van der Waals surface area contributed by atoms with E-state index in [1.165, 1.54) is 12.1 Å². The summed E-state index contributed by atoms with van der Waals surface area (Å²) in [5.74, 6) is 1.18. The number of para-hydroxylation sites is 1. The molecule has 0 unspecified atom stereocenters. The maximum Gasteiger partial charge on any atom is 0.269 e. The van der Waals surface area contributed by atoms with Gasteiger partial charge in [-0.3, -0.25) is 14.9 Å². The van der Waals surface area contributed by atoms with Crippen molar-refractivity contribution in [3.8, 4) is 11.5 Å². The topological polar surface area (TPSA) is 72.7 Å². The lowest BCUT2D eigenvalue weighted by atomic mass is 10.1. The Labute approximate surface area is 163 Å². The Hall–Kier alpha value is -3.67. The van der Waals surface area contributed by atoms with Gasteiger partial charge >= 0.3 is 0 Å². The second kappa shape index (κ2) is 8.35. The Morgan fingerprint density at radius 1 is 0.964 bits per heavy atom. The molecule has 0 aliphatic rings. The second-order valence-corrected chi connectivity index (χ2v) is 6.38. The van der Waals surface area contributed by atoms with Gasteiger partial charge in [-0.05, 0) is 48.9 Å². The van der Waals surface area contributed by atoms with E-state index in [2.05, 4.69) is 0 Å². The van der Waals surface area contributed by atoms with Crippen molar-refractivity contribution in [3.63, 3.8) is 0 Å². The largest absolute Gasteiger partial charge is 0.457 e. The predicted molar refractivity (Wildman–Crippen MR) is 107 cm³/mol. The number of nitrogens with zero attached hydrogens (tertiary/aromatic N) is 2. The average molecular weight is 376 g/mol. The molecule has 0 N–H and O–H groups in total. The van der Waals surface area contributed by atoms with Gasteiger partial charge in [0.1, 0.15) is 11.5 Å². The van der Waals surface area contributed by atoms with Gasteiger partial charge in [0.15, 0.2) is 0 Å². The van der Waals surface area contributed by atoms with Gasteiger partial charge in [0, 0.05) is 24.7 Å². The third-order valence-electron chi connectivity index (χ3n) is 4.54. The van der Waals surface area contributed by atoms with Crippen molar-refractivity contribution in [3.05, 3.63) is 100 Å². The Bertz CT molecular complexity index is 971. The first-order valence-corrected chi connectivity index (χ1v) is 8.80. The molecule has 0 aromatic heterocycles. The molecular formula is C22H20N2O4. The van der Waals surface area contributed by atoms with E-state index < -0.39 is 4.92 Å². The molecule has 0 heterocycles. The zero-order valence-corrected chi connectivity index (χ0v) is 15.6. The molecule has 1 amide bonds. The maximum atomic E-state index is 12.8. The van der Waals surface area contributed by atoms with Crippen LogP contribution in [0.1, 0.15) is 28.9 Å². The van der Waals surface area contributed by atoms with Crippen molar-refractivity contribution in [2.75, 3.05) is 7.05 Å². The Morgan fingerprint density at radius 2 is 1.61 bits per heavy atom. The molecule has 0 aliphatic heterocycles. The number of nitro benzene ring substituents is 1. The van der Waals surface area contributed by atoms with Crippen molar-refractivity contribution in [1.29, 1.82) is 0 Å². The van der Waals surface area contributed by atoms with Gasteiger partial charge in [-0.2, -0.15) is 0 Å². The highest BCUT2D eigenvalue weighted by atomic mass is 16.6. The molecule has 0 spiro atoms. The quantitative estimate of drug-likeness (QED) is 0.437. The van der Waals surface area contributed by atoms with E-state index in [0.29, 0.717) is 16.9 Å². The Kier molecular flexibility index (Phi) is 5.69. The van der Waals surface area contributed by atoms with Crippen molar-refractivity contribution < 1.29 is 14.5 Å². The van der Waals surface area contributed by atoms with Crippen molar-refractivity contribution in [1.82, 2.24) is 4.90 Å². The minimum absolute atomic E-state index is 0.00705. The summed E-state index contributed by atoms with van der Waals surface area (Å²) in [7, 11) is 1.68. The molecule has 6 heteroatoms. The Balaban J connectivity index is 1.72. The average Bonchev–Trinajstić information content (AvgIpc) is 2.73. The first kappa shape index (κ1) is 19.1. The molecule has 142 valence electrons. The van der Waals surface area contributed by atoms with E-state index in [-0.39, 0.29) is 17.6 Å². The van der Waals surface area contributed by atoms with Crippen LogP contribution in [0.15, 0.2) is 78.9 Å². The first-order chi connectivity index (χ1) is 13.5. The van der Waals surface area contributed by atoms with Crippen LogP contribution in [0.4, 0.5) is 5.69 Å². The number of benzene rings is 3. The summed E-state index contributed by atoms with van der Waals surface area (Å²) < 4.78 is 5.74. The summed E-state index contributed by atoms with van der Waals surface area (Å²) >= 11 is 0. The minimum Gasteiger partial charge on any atom is -0.457 e. The van der Waals surface area contributed by atoms with Crippen LogP contribution >= 0.6 is 0 Å². The van der Waals surface area contributed by atoms with Crippen molar-refractivity contribution in [2.24, 2.45) is 0 Å². The van der Waals surface area contributed by atoms with Gasteiger partial charge in [0.25, 0.3) is 11.6 Å². The van der Waals surface area contributed by atoms with E-state index in [4.69, 9.17) is 4.74 Å². The molecule has 3 rings (SSSR count). The molecule has 0 bridgehead atoms. The lowest BCUT2D eigenvalue weighted by Crippen LogP contribution is -2.29. The SMILES string of the molecule is C[C@H](c1cccc([N+](=O)[O-])c1)N(C)C(=O)c1ccc(Oc2ccccc2)cc1. The number of amides is 1. The number of non-ortho nitro benzene ring substituents is 1. The molecule has 0 saturated heterocycles. The van der Waals surface area contributed by atoms with Crippen LogP contribution in [-0.4, -0.2) is 22.8 Å². The van der Waals surface area contributed by atoms with Crippen LogP contribution in [0.25, 0.3) is 0 Å². The predicted octanol–water partition coefficient (Wildman–Crippen LogP) is 5.22. The van der Waals surface area contributed by atoms with Crippen LogP contribution in [0.3, 0.4) is 0 Å². The third kappa shape index (κ3) is 4.35. The lowest BCUT2D eigenvalue weighted by molar-refractivity contribution is -0.384. The number of nitro groups is 1. The number of ether oxygens (including phenoxy) is 1. The standard InChI is InChI=1S/C22H20N2O4/c1-16(18-7-6-8-19(15-18)24(26)27)23(2)22(25)17-11-13-21(14-12-17)28-20-9-4-3-5-10-20/h3-16H,1-2H3/t16-/m1/s1. The highest BCUT2D eigenvalue weighted by Crippen LogP contribution is 2.26. The van der Waals surface area contributed by atoms with Gasteiger partial charge in [-0.25, -0.2) is 0 Å². The van der Waals surface area contributed by atoms with Crippen LogP contribution < -0.4 is 4.74 Å². The van der Waals surface area contributed by atoms with Crippen molar-refractivity contribution >= 4 is 11.6 Å². The number of carbonyl (C=O) groups is 1. The summed E-state index contributed by atoms with van der Waals surface area (Å²) in [6, 6.07) is 22.3. The van der Waals surface area contributed by atoms with E-state index in [1.807, 2.05) is 37.3 Å². The first-order valence-electron chi connectivity index (χ1n) is 8.80. The molecule has 0 radical (unpaired) electrons. The van der Waals surface area contributed by atoms with Gasteiger partial charge in [0.2, 0.25) is 0 Å². The summed E-state index contributed by atoms with van der Waals surface area (Å²) in [6.07, 6.45) is 0. The molecule has 0 fully saturated rings. The Morgan fingerprint density at radius 3 is 2.25 bits per heavy atom. The van der Waals surface area contributed by atoms with Crippen LogP contribution in [-0.2, 0) is 0 Å². The summed E-state index contributed by atoms with van der Waals surface area (Å²) in [5, 5.41) is 11.0. The normalized spacial score (nSPS) is 11.5. The molecule has 0 saturated carbocycles. The van der Waals surface area contributed by atoms with E-state index >= 15 is 0 Å². The molecule has 3 aromatic rings. The van der Waals surface area contributed by atoms with E-state index in [1.54, 1.807) is 48.3 Å². The van der Waals surface area contributed by atoms with Crippen LogP contribution in [0, 0.1) is 10.1 Å². The monoisotopic (exact) mass is 376 g/mol. The molecular weight excluding hydrogens is 356 g/mol. The number of carbonyl (C=O) groups excluding carboxylic acids is 1. The minimum atomic E-state index is -0.441. The fraction of sp³-hybridized carbons (Fsp3) is 0.136. The van der Waals surface area contributed by atoms with Gasteiger partial charge < -0.3 is 9.64 Å².